The number of nitrogens with zero attached hydrogens (tertiary/aromatic N) is 1. The van der Waals surface area contributed by atoms with Gasteiger partial charge in [-0.2, -0.15) is 5.26 Å². The first-order chi connectivity index (χ1) is 5.74. The Morgan fingerprint density at radius 2 is 2.00 bits per heavy atom. The summed E-state index contributed by atoms with van der Waals surface area (Å²) in [4.78, 5) is 10.8. The van der Waals surface area contributed by atoms with Crippen LogP contribution in [-0.4, -0.2) is 5.24 Å². The number of halogens is 1. The van der Waals surface area contributed by atoms with Crippen LogP contribution in [-0.2, 0) is 4.79 Å². The molecule has 1 aliphatic rings. The normalized spacial score (nSPS) is 29.3. The summed E-state index contributed by atoms with van der Waals surface area (Å²) >= 11 is 5.38. The van der Waals surface area contributed by atoms with Crippen molar-refractivity contribution in [1.29, 1.82) is 5.26 Å². The van der Waals surface area contributed by atoms with Crippen LogP contribution in [0.2, 0.25) is 0 Å². The molecule has 0 amide bonds. The average molecular weight is 186 g/mol. The molecule has 1 fully saturated rings. The predicted molar refractivity (Wildman–Crippen MR) is 46.5 cm³/mol. The molecule has 0 saturated heterocycles. The van der Waals surface area contributed by atoms with Crippen molar-refractivity contribution >= 4 is 16.8 Å². The number of hydrogen-bond acceptors (Lipinski definition) is 2. The topological polar surface area (TPSA) is 40.9 Å². The SMILES string of the molecule is N#CC[C@H]1CC[C@H](C(=O)Cl)CC1. The van der Waals surface area contributed by atoms with Crippen molar-refractivity contribution in [3.63, 3.8) is 0 Å². The molecule has 0 atom stereocenters. The molecule has 0 aliphatic heterocycles. The second-order valence-electron chi connectivity index (χ2n) is 3.38. The Morgan fingerprint density at radius 3 is 2.42 bits per heavy atom. The molecule has 0 aromatic carbocycles. The molecule has 0 aromatic heterocycles. The first kappa shape index (κ1) is 9.54. The van der Waals surface area contributed by atoms with Gasteiger partial charge in [0.05, 0.1) is 6.07 Å². The molecule has 0 N–H and O–H groups in total. The van der Waals surface area contributed by atoms with Gasteiger partial charge in [0, 0.05) is 12.3 Å². The Balaban J connectivity index is 2.30. The molecule has 66 valence electrons. The van der Waals surface area contributed by atoms with E-state index in [9.17, 15) is 4.79 Å². The maximum Gasteiger partial charge on any atom is 0.224 e. The molecule has 1 rings (SSSR count). The van der Waals surface area contributed by atoms with Crippen molar-refractivity contribution in [2.75, 3.05) is 0 Å². The minimum absolute atomic E-state index is 0.0570. The van der Waals surface area contributed by atoms with Gasteiger partial charge in [-0.05, 0) is 43.2 Å². The third kappa shape index (κ3) is 2.49. The minimum atomic E-state index is -0.203. The molecule has 0 spiro atoms. The van der Waals surface area contributed by atoms with E-state index in [0.29, 0.717) is 12.3 Å². The van der Waals surface area contributed by atoms with E-state index < -0.39 is 0 Å². The Bertz CT molecular complexity index is 201. The van der Waals surface area contributed by atoms with Gasteiger partial charge < -0.3 is 0 Å². The van der Waals surface area contributed by atoms with Crippen LogP contribution in [0.1, 0.15) is 32.1 Å². The lowest BCUT2D eigenvalue weighted by molar-refractivity contribution is -0.116. The molecule has 0 heterocycles. The molecule has 1 aliphatic carbocycles. The maximum absolute atomic E-state index is 10.8. The fourth-order valence-corrected chi connectivity index (χ4v) is 1.94. The smallest absolute Gasteiger partial charge is 0.224 e. The molecule has 0 aromatic rings. The van der Waals surface area contributed by atoms with Gasteiger partial charge in [0.15, 0.2) is 0 Å². The van der Waals surface area contributed by atoms with Gasteiger partial charge >= 0.3 is 0 Å². The number of carbonyl (C=O) groups is 1. The summed E-state index contributed by atoms with van der Waals surface area (Å²) in [5, 5.41) is 8.25. The van der Waals surface area contributed by atoms with Crippen LogP contribution in [0.15, 0.2) is 0 Å². The van der Waals surface area contributed by atoms with E-state index in [4.69, 9.17) is 16.9 Å². The van der Waals surface area contributed by atoms with Crippen LogP contribution in [0, 0.1) is 23.2 Å². The molecule has 0 unspecified atom stereocenters. The second kappa shape index (κ2) is 4.47. The van der Waals surface area contributed by atoms with Crippen LogP contribution in [0.5, 0.6) is 0 Å². The largest absolute Gasteiger partial charge is 0.281 e. The van der Waals surface area contributed by atoms with Crippen LogP contribution >= 0.6 is 11.6 Å². The molecule has 12 heavy (non-hydrogen) atoms. The van der Waals surface area contributed by atoms with Crippen LogP contribution in [0.25, 0.3) is 0 Å². The van der Waals surface area contributed by atoms with Crippen molar-refractivity contribution in [1.82, 2.24) is 0 Å². The van der Waals surface area contributed by atoms with E-state index in [1.807, 2.05) is 0 Å². The van der Waals surface area contributed by atoms with E-state index in [1.165, 1.54) is 0 Å². The van der Waals surface area contributed by atoms with Crippen molar-refractivity contribution in [2.45, 2.75) is 32.1 Å². The van der Waals surface area contributed by atoms with Gasteiger partial charge in [0.25, 0.3) is 0 Å². The van der Waals surface area contributed by atoms with Crippen LogP contribution in [0.4, 0.5) is 0 Å². The number of rotatable bonds is 2. The van der Waals surface area contributed by atoms with Crippen molar-refractivity contribution < 1.29 is 4.79 Å². The number of hydrogen-bond donors (Lipinski definition) is 0. The zero-order valence-electron chi connectivity index (χ0n) is 6.92. The van der Waals surface area contributed by atoms with Gasteiger partial charge in [-0.25, -0.2) is 0 Å². The third-order valence-electron chi connectivity index (χ3n) is 2.55. The van der Waals surface area contributed by atoms with E-state index >= 15 is 0 Å². The van der Waals surface area contributed by atoms with Crippen molar-refractivity contribution in [3.8, 4) is 6.07 Å². The first-order valence-corrected chi connectivity index (χ1v) is 4.68. The first-order valence-electron chi connectivity index (χ1n) is 4.30. The van der Waals surface area contributed by atoms with Crippen molar-refractivity contribution in [2.24, 2.45) is 11.8 Å². The lowest BCUT2D eigenvalue weighted by Crippen LogP contribution is -2.18. The molecule has 2 nitrogen and oxygen atoms in total. The molecule has 0 bridgehead atoms. The zero-order valence-corrected chi connectivity index (χ0v) is 7.68. The van der Waals surface area contributed by atoms with Gasteiger partial charge in [0.1, 0.15) is 0 Å². The lowest BCUT2D eigenvalue weighted by Gasteiger charge is -2.24. The van der Waals surface area contributed by atoms with Gasteiger partial charge in [-0.1, -0.05) is 0 Å². The van der Waals surface area contributed by atoms with Crippen molar-refractivity contribution in [3.05, 3.63) is 0 Å². The number of nitriles is 1. The Morgan fingerprint density at radius 1 is 1.42 bits per heavy atom. The van der Waals surface area contributed by atoms with E-state index in [0.717, 1.165) is 25.7 Å². The summed E-state index contributed by atoms with van der Waals surface area (Å²) in [5.74, 6) is 0.559. The average Bonchev–Trinajstić information content (AvgIpc) is 2.06. The minimum Gasteiger partial charge on any atom is -0.281 e. The summed E-state index contributed by atoms with van der Waals surface area (Å²) in [6.45, 7) is 0. The molecular weight excluding hydrogens is 174 g/mol. The summed E-state index contributed by atoms with van der Waals surface area (Å²) in [6, 6.07) is 2.16. The highest BCUT2D eigenvalue weighted by Gasteiger charge is 2.24. The van der Waals surface area contributed by atoms with Gasteiger partial charge in [-0.3, -0.25) is 4.79 Å². The molecule has 3 heteroatoms. The second-order valence-corrected chi connectivity index (χ2v) is 3.76. The summed E-state index contributed by atoms with van der Waals surface area (Å²) in [6.07, 6.45) is 4.33. The summed E-state index contributed by atoms with van der Waals surface area (Å²) in [7, 11) is 0. The van der Waals surface area contributed by atoms with Gasteiger partial charge in [-0.15, -0.1) is 0 Å². The Hall–Kier alpha value is -0.550. The predicted octanol–water partition coefficient (Wildman–Crippen LogP) is 2.47. The fourth-order valence-electron chi connectivity index (χ4n) is 1.72. The van der Waals surface area contributed by atoms with Crippen LogP contribution < -0.4 is 0 Å². The standard InChI is InChI=1S/C9H12ClNO/c10-9(12)8-3-1-7(2-4-8)5-6-11/h7-8H,1-5H2/t7-,8-. The summed E-state index contributed by atoms with van der Waals surface area (Å²) in [5.41, 5.74) is 0. The highest BCUT2D eigenvalue weighted by molar-refractivity contribution is 6.63. The maximum atomic E-state index is 10.8. The molecule has 0 radical (unpaired) electrons. The quantitative estimate of drug-likeness (QED) is 0.621. The van der Waals surface area contributed by atoms with Crippen LogP contribution in [0.3, 0.4) is 0 Å². The Labute approximate surface area is 77.5 Å². The zero-order chi connectivity index (χ0) is 8.97. The number of carbonyl (C=O) groups excluding carboxylic acids is 1. The summed E-state index contributed by atoms with van der Waals surface area (Å²) < 4.78 is 0. The monoisotopic (exact) mass is 185 g/mol. The highest BCUT2D eigenvalue weighted by atomic mass is 35.5. The van der Waals surface area contributed by atoms with Gasteiger partial charge in [0.2, 0.25) is 5.24 Å². The third-order valence-corrected chi connectivity index (χ3v) is 2.86. The van der Waals surface area contributed by atoms with E-state index in [2.05, 4.69) is 6.07 Å². The fraction of sp³-hybridized carbons (Fsp3) is 0.778. The van der Waals surface area contributed by atoms with E-state index in [1.54, 1.807) is 0 Å². The lowest BCUT2D eigenvalue weighted by atomic mass is 9.81. The molecule has 1 saturated carbocycles. The van der Waals surface area contributed by atoms with E-state index in [-0.39, 0.29) is 11.2 Å². The Kier molecular flexibility index (Phi) is 3.55. The highest BCUT2D eigenvalue weighted by Crippen LogP contribution is 2.31. The molecular formula is C9H12ClNO.